The standard InChI is InChI=1S/C12H14NO.C10H19.C6H5.Sn.H/c1-9-4-6-10(7-5-9)11-13-12(2,3)8-14-11;1-8(2)10-6-4-9(3)5-7-10;1-2-4-6-5-3-1;;/h4-6H,8H2,1-3H3;6,8-10H,4-5,7H2,1-3H3;1-5H;;/t;9-,10-;;;/m.0.../s1. The Morgan fingerprint density at radius 1 is 1.06 bits per heavy atom. The number of aryl methyl sites for hydroxylation is 1. The first kappa shape index (κ1) is 22.9. The van der Waals surface area contributed by atoms with Crippen LogP contribution in [0.2, 0.25) is 3.93 Å². The van der Waals surface area contributed by atoms with Crippen molar-refractivity contribution in [1.29, 1.82) is 0 Å². The molecule has 0 amide bonds. The number of rotatable bonds is 5. The second-order valence-electron chi connectivity index (χ2n) is 11.0. The molecule has 3 heteroatoms. The Hall–Kier alpha value is -1.29. The van der Waals surface area contributed by atoms with Gasteiger partial charge in [0, 0.05) is 0 Å². The number of ether oxygens (including phenoxy) is 1. The van der Waals surface area contributed by atoms with E-state index in [1.54, 1.807) is 7.16 Å². The summed E-state index contributed by atoms with van der Waals surface area (Å²) in [7, 11) is 0. The zero-order valence-corrected chi connectivity index (χ0v) is 23.5. The zero-order chi connectivity index (χ0) is 22.2. The predicted octanol–water partition coefficient (Wildman–Crippen LogP) is 5.35. The van der Waals surface area contributed by atoms with Gasteiger partial charge in [-0.1, -0.05) is 0 Å². The average Bonchev–Trinajstić information content (AvgIpc) is 3.08. The van der Waals surface area contributed by atoms with E-state index in [0.29, 0.717) is 6.61 Å². The van der Waals surface area contributed by atoms with Gasteiger partial charge in [0.2, 0.25) is 0 Å². The molecule has 2 nitrogen and oxygen atoms in total. The molecule has 0 aromatic heterocycles. The van der Waals surface area contributed by atoms with Crippen molar-refractivity contribution >= 4 is 32.8 Å². The fourth-order valence-corrected chi connectivity index (χ4v) is 19.6. The second-order valence-corrected chi connectivity index (χ2v) is 19.8. The molecule has 2 aliphatic rings. The fourth-order valence-electron chi connectivity index (χ4n) is 5.83. The molecule has 0 radical (unpaired) electrons. The Morgan fingerprint density at radius 2 is 1.81 bits per heavy atom. The van der Waals surface area contributed by atoms with Gasteiger partial charge in [0.1, 0.15) is 0 Å². The molecule has 31 heavy (non-hydrogen) atoms. The van der Waals surface area contributed by atoms with E-state index >= 15 is 0 Å². The molecule has 4 rings (SSSR count). The molecular formula is C28H39NOSn. The van der Waals surface area contributed by atoms with Crippen LogP contribution in [0.15, 0.2) is 53.5 Å². The van der Waals surface area contributed by atoms with E-state index < -0.39 is 19.8 Å². The van der Waals surface area contributed by atoms with Crippen LogP contribution in [0.25, 0.3) is 0 Å². The zero-order valence-electron chi connectivity index (χ0n) is 20.2. The van der Waals surface area contributed by atoms with Crippen LogP contribution in [0, 0.1) is 24.7 Å². The van der Waals surface area contributed by atoms with Crippen molar-refractivity contribution in [3.63, 3.8) is 0 Å². The molecule has 0 N–H and O–H groups in total. The molecule has 2 aromatic rings. The van der Waals surface area contributed by atoms with Gasteiger partial charge in [-0.3, -0.25) is 0 Å². The molecule has 1 saturated carbocycles. The first-order valence-electron chi connectivity index (χ1n) is 12.1. The van der Waals surface area contributed by atoms with Crippen LogP contribution in [0.3, 0.4) is 0 Å². The van der Waals surface area contributed by atoms with Crippen LogP contribution in [0.4, 0.5) is 0 Å². The molecule has 0 bridgehead atoms. The molecule has 1 heterocycles. The minimum atomic E-state index is -2.47. The molecule has 166 valence electrons. The van der Waals surface area contributed by atoms with E-state index in [9.17, 15) is 0 Å². The van der Waals surface area contributed by atoms with E-state index in [-0.39, 0.29) is 5.54 Å². The van der Waals surface area contributed by atoms with Crippen LogP contribution in [-0.4, -0.2) is 37.8 Å². The van der Waals surface area contributed by atoms with Crippen LogP contribution in [-0.2, 0) is 4.74 Å². The molecule has 1 fully saturated rings. The third-order valence-electron chi connectivity index (χ3n) is 7.40. The summed E-state index contributed by atoms with van der Waals surface area (Å²) in [4.78, 5) is 5.00. The predicted molar refractivity (Wildman–Crippen MR) is 136 cm³/mol. The molecule has 1 aliphatic heterocycles. The van der Waals surface area contributed by atoms with Crippen LogP contribution in [0.1, 0.15) is 65.0 Å². The second kappa shape index (κ2) is 9.29. The molecule has 0 spiro atoms. The topological polar surface area (TPSA) is 21.6 Å². The normalized spacial score (nSPS) is 26.4. The third kappa shape index (κ3) is 5.05. The number of hydrogen-bond acceptors (Lipinski definition) is 2. The first-order chi connectivity index (χ1) is 14.7. The molecule has 1 aliphatic carbocycles. The van der Waals surface area contributed by atoms with E-state index in [4.69, 9.17) is 9.73 Å². The van der Waals surface area contributed by atoms with Gasteiger partial charge in [-0.2, -0.15) is 0 Å². The van der Waals surface area contributed by atoms with Gasteiger partial charge in [0.05, 0.1) is 0 Å². The van der Waals surface area contributed by atoms with Gasteiger partial charge in [0.25, 0.3) is 0 Å². The molecule has 2 aromatic carbocycles. The molecule has 0 saturated heterocycles. The Labute approximate surface area is 196 Å². The Kier molecular flexibility index (Phi) is 6.86. The summed E-state index contributed by atoms with van der Waals surface area (Å²) < 4.78 is 10.3. The van der Waals surface area contributed by atoms with Crippen molar-refractivity contribution in [1.82, 2.24) is 0 Å². The summed E-state index contributed by atoms with van der Waals surface area (Å²) in [6.45, 7) is 14.6. The van der Waals surface area contributed by atoms with Crippen molar-refractivity contribution in [3.05, 3.63) is 59.7 Å². The monoisotopic (exact) mass is 525 g/mol. The summed E-state index contributed by atoms with van der Waals surface area (Å²) >= 11 is -2.47. The van der Waals surface area contributed by atoms with Gasteiger partial charge >= 0.3 is 197 Å². The van der Waals surface area contributed by atoms with Crippen LogP contribution < -0.4 is 7.16 Å². The van der Waals surface area contributed by atoms with Gasteiger partial charge in [-0.25, -0.2) is 0 Å². The van der Waals surface area contributed by atoms with Crippen LogP contribution >= 0.6 is 0 Å². The van der Waals surface area contributed by atoms with Crippen LogP contribution in [0.5, 0.6) is 0 Å². The van der Waals surface area contributed by atoms with Crippen molar-refractivity contribution in [2.75, 3.05) is 6.61 Å². The van der Waals surface area contributed by atoms with Crippen molar-refractivity contribution in [3.8, 4) is 0 Å². The quantitative estimate of drug-likeness (QED) is 0.484. The van der Waals surface area contributed by atoms with E-state index in [2.05, 4.69) is 90.1 Å². The molecular weight excluding hydrogens is 485 g/mol. The summed E-state index contributed by atoms with van der Waals surface area (Å²) in [5, 5.41) is 0. The number of aliphatic imine (C=N–C) groups is 1. The number of nitrogens with zero attached hydrogens (tertiary/aromatic N) is 1. The van der Waals surface area contributed by atoms with Gasteiger partial charge in [0.15, 0.2) is 0 Å². The average molecular weight is 524 g/mol. The Bertz CT molecular complexity index is 933. The SMILES string of the molecule is Cc1ccc(C2=NC(C)(C)CO2)[c]([Sn@H]([c]2ccccc2)[C@@H]2C[C@H](C)CC[C@H]2C(C)C)c1. The molecule has 0 unspecified atom stereocenters. The summed E-state index contributed by atoms with van der Waals surface area (Å²) in [5.74, 6) is 3.28. The minimum absolute atomic E-state index is 0.130. The summed E-state index contributed by atoms with van der Waals surface area (Å²) in [5.41, 5.74) is 2.51. The maximum atomic E-state index is 6.19. The van der Waals surface area contributed by atoms with Crippen molar-refractivity contribution in [2.45, 2.75) is 70.3 Å². The Balaban J connectivity index is 1.88. The van der Waals surface area contributed by atoms with E-state index in [0.717, 1.165) is 27.6 Å². The van der Waals surface area contributed by atoms with Crippen molar-refractivity contribution in [2.24, 2.45) is 22.7 Å². The number of hydrogen-bond donors (Lipinski definition) is 0. The van der Waals surface area contributed by atoms with Gasteiger partial charge in [-0.05, 0) is 0 Å². The third-order valence-corrected chi connectivity index (χ3v) is 18.5. The van der Waals surface area contributed by atoms with E-state index in [1.807, 2.05) is 0 Å². The Morgan fingerprint density at radius 3 is 2.45 bits per heavy atom. The van der Waals surface area contributed by atoms with Gasteiger partial charge < -0.3 is 0 Å². The number of benzene rings is 2. The molecule has 4 atom stereocenters. The fraction of sp³-hybridized carbons (Fsp3) is 0.536. The van der Waals surface area contributed by atoms with Crippen molar-refractivity contribution < 1.29 is 4.74 Å². The van der Waals surface area contributed by atoms with Gasteiger partial charge in [-0.15, -0.1) is 0 Å². The summed E-state index contributed by atoms with van der Waals surface area (Å²) in [6, 6.07) is 18.5. The van der Waals surface area contributed by atoms with E-state index in [1.165, 1.54) is 30.4 Å². The first-order valence-corrected chi connectivity index (χ1v) is 17.3. The summed E-state index contributed by atoms with van der Waals surface area (Å²) in [6.07, 6.45) is 4.15. The maximum absolute atomic E-state index is 6.19.